The summed E-state index contributed by atoms with van der Waals surface area (Å²) >= 11 is 0. The largest absolute Gasteiger partial charge is 0.495 e. The summed E-state index contributed by atoms with van der Waals surface area (Å²) in [7, 11) is 1.67. The molecule has 0 fully saturated rings. The van der Waals surface area contributed by atoms with Gasteiger partial charge in [-0.05, 0) is 17.7 Å². The Morgan fingerprint density at radius 1 is 1.47 bits per heavy atom. The number of fused-ring (bicyclic) bond motifs is 3. The van der Waals surface area contributed by atoms with Gasteiger partial charge >= 0.3 is 0 Å². The SMILES string of the molecule is COc1cccc2c1NCn1cc(CO)cc1-2. The van der Waals surface area contributed by atoms with Crippen LogP contribution >= 0.6 is 0 Å². The summed E-state index contributed by atoms with van der Waals surface area (Å²) in [6, 6.07) is 7.98. The molecule has 0 saturated heterocycles. The number of aliphatic hydroxyl groups excluding tert-OH is 1. The maximum atomic E-state index is 9.18. The standard InChI is InChI=1S/C13H14N2O2/c1-17-12-4-2-3-10-11-5-9(7-16)6-15(11)8-14-13(10)12/h2-6,14,16H,7-8H2,1H3. The van der Waals surface area contributed by atoms with E-state index in [1.54, 1.807) is 7.11 Å². The molecule has 1 aliphatic rings. The Labute approximate surface area is 99.5 Å². The third-order valence-corrected chi connectivity index (χ3v) is 3.08. The predicted octanol–water partition coefficient (Wildman–Crippen LogP) is 2.04. The zero-order valence-corrected chi connectivity index (χ0v) is 9.60. The fourth-order valence-corrected chi connectivity index (χ4v) is 2.28. The van der Waals surface area contributed by atoms with E-state index in [1.165, 1.54) is 0 Å². The van der Waals surface area contributed by atoms with Gasteiger partial charge in [-0.1, -0.05) is 12.1 Å². The highest BCUT2D eigenvalue weighted by atomic mass is 16.5. The highest BCUT2D eigenvalue weighted by Crippen LogP contribution is 2.39. The fourth-order valence-electron chi connectivity index (χ4n) is 2.28. The first-order chi connectivity index (χ1) is 8.33. The molecule has 2 aromatic rings. The fraction of sp³-hybridized carbons (Fsp3) is 0.231. The van der Waals surface area contributed by atoms with E-state index in [0.717, 1.165) is 28.3 Å². The monoisotopic (exact) mass is 230 g/mol. The Balaban J connectivity index is 2.19. The van der Waals surface area contributed by atoms with Gasteiger partial charge in [0.05, 0.1) is 31.8 Å². The van der Waals surface area contributed by atoms with E-state index in [0.29, 0.717) is 6.67 Å². The molecule has 0 saturated carbocycles. The minimum Gasteiger partial charge on any atom is -0.495 e. The van der Waals surface area contributed by atoms with Crippen molar-refractivity contribution in [3.63, 3.8) is 0 Å². The summed E-state index contributed by atoms with van der Waals surface area (Å²) in [6.45, 7) is 0.766. The molecule has 88 valence electrons. The molecule has 0 radical (unpaired) electrons. The Hall–Kier alpha value is -1.94. The van der Waals surface area contributed by atoms with Gasteiger partial charge in [0, 0.05) is 11.8 Å². The van der Waals surface area contributed by atoms with Crippen LogP contribution in [0.3, 0.4) is 0 Å². The van der Waals surface area contributed by atoms with Gasteiger partial charge in [0.25, 0.3) is 0 Å². The van der Waals surface area contributed by atoms with Crippen molar-refractivity contribution in [2.24, 2.45) is 0 Å². The molecule has 0 spiro atoms. The van der Waals surface area contributed by atoms with Gasteiger partial charge in [0.1, 0.15) is 5.75 Å². The van der Waals surface area contributed by atoms with Crippen LogP contribution in [0.5, 0.6) is 5.75 Å². The van der Waals surface area contributed by atoms with Crippen LogP contribution in [-0.2, 0) is 13.3 Å². The van der Waals surface area contributed by atoms with Gasteiger partial charge in [-0.25, -0.2) is 0 Å². The number of nitrogens with zero attached hydrogens (tertiary/aromatic N) is 1. The Morgan fingerprint density at radius 3 is 3.12 bits per heavy atom. The second-order valence-electron chi connectivity index (χ2n) is 4.08. The van der Waals surface area contributed by atoms with Gasteiger partial charge in [-0.2, -0.15) is 0 Å². The van der Waals surface area contributed by atoms with Gasteiger partial charge in [-0.15, -0.1) is 0 Å². The average Bonchev–Trinajstić information content (AvgIpc) is 2.81. The second-order valence-corrected chi connectivity index (χ2v) is 4.08. The molecular weight excluding hydrogens is 216 g/mol. The lowest BCUT2D eigenvalue weighted by molar-refractivity contribution is 0.282. The third-order valence-electron chi connectivity index (χ3n) is 3.08. The van der Waals surface area contributed by atoms with Crippen molar-refractivity contribution in [3.05, 3.63) is 36.0 Å². The summed E-state index contributed by atoms with van der Waals surface area (Å²) in [4.78, 5) is 0. The minimum absolute atomic E-state index is 0.0688. The molecule has 0 atom stereocenters. The minimum atomic E-state index is 0.0688. The number of benzene rings is 1. The number of aromatic nitrogens is 1. The van der Waals surface area contributed by atoms with Gasteiger partial charge in [0.15, 0.2) is 0 Å². The van der Waals surface area contributed by atoms with Crippen LogP contribution in [0.2, 0.25) is 0 Å². The van der Waals surface area contributed by atoms with Crippen molar-refractivity contribution < 1.29 is 9.84 Å². The smallest absolute Gasteiger partial charge is 0.142 e. The van der Waals surface area contributed by atoms with Crippen LogP contribution in [0, 0.1) is 0 Å². The number of nitrogens with one attached hydrogen (secondary N) is 1. The Bertz CT molecular complexity index is 561. The summed E-state index contributed by atoms with van der Waals surface area (Å²) < 4.78 is 7.43. The van der Waals surface area contributed by atoms with Crippen LogP contribution in [-0.4, -0.2) is 16.8 Å². The van der Waals surface area contributed by atoms with Crippen LogP contribution in [0.4, 0.5) is 5.69 Å². The highest BCUT2D eigenvalue weighted by molar-refractivity contribution is 5.82. The van der Waals surface area contributed by atoms with Crippen LogP contribution in [0.25, 0.3) is 11.3 Å². The maximum absolute atomic E-state index is 9.18. The number of ether oxygens (including phenoxy) is 1. The number of hydrogen-bond donors (Lipinski definition) is 2. The highest BCUT2D eigenvalue weighted by Gasteiger charge is 2.19. The van der Waals surface area contributed by atoms with E-state index < -0.39 is 0 Å². The van der Waals surface area contributed by atoms with Crippen molar-refractivity contribution in [2.75, 3.05) is 12.4 Å². The Kier molecular flexibility index (Phi) is 2.30. The molecular formula is C13H14N2O2. The lowest BCUT2D eigenvalue weighted by Crippen LogP contribution is -2.14. The van der Waals surface area contributed by atoms with E-state index in [9.17, 15) is 5.11 Å². The lowest BCUT2D eigenvalue weighted by atomic mass is 10.1. The summed E-state index contributed by atoms with van der Waals surface area (Å²) in [5.41, 5.74) is 4.17. The molecule has 0 amide bonds. The topological polar surface area (TPSA) is 46.4 Å². The molecule has 1 aromatic heterocycles. The van der Waals surface area contributed by atoms with E-state index in [2.05, 4.69) is 16.0 Å². The van der Waals surface area contributed by atoms with Crippen molar-refractivity contribution >= 4 is 5.69 Å². The van der Waals surface area contributed by atoms with Crippen molar-refractivity contribution in [2.45, 2.75) is 13.3 Å². The van der Waals surface area contributed by atoms with Gasteiger partial charge in [0.2, 0.25) is 0 Å². The maximum Gasteiger partial charge on any atom is 0.142 e. The molecule has 2 heterocycles. The second kappa shape index (κ2) is 3.82. The Morgan fingerprint density at radius 2 is 2.35 bits per heavy atom. The molecule has 0 bridgehead atoms. The summed E-state index contributed by atoms with van der Waals surface area (Å²) in [5.74, 6) is 0.848. The van der Waals surface area contributed by atoms with Crippen molar-refractivity contribution in [1.82, 2.24) is 4.57 Å². The first-order valence-corrected chi connectivity index (χ1v) is 5.54. The van der Waals surface area contributed by atoms with Crippen molar-refractivity contribution in [1.29, 1.82) is 0 Å². The zero-order chi connectivity index (χ0) is 11.8. The first kappa shape index (κ1) is 10.2. The van der Waals surface area contributed by atoms with Crippen LogP contribution < -0.4 is 10.1 Å². The summed E-state index contributed by atoms with van der Waals surface area (Å²) in [5, 5.41) is 12.5. The van der Waals surface area contributed by atoms with Crippen molar-refractivity contribution in [3.8, 4) is 17.0 Å². The average molecular weight is 230 g/mol. The quantitative estimate of drug-likeness (QED) is 0.830. The molecule has 4 heteroatoms. The third kappa shape index (κ3) is 1.49. The molecule has 4 nitrogen and oxygen atoms in total. The number of aliphatic hydroxyl groups is 1. The number of para-hydroxylation sites is 1. The molecule has 0 aliphatic carbocycles. The molecule has 17 heavy (non-hydrogen) atoms. The van der Waals surface area contributed by atoms with E-state index in [4.69, 9.17) is 4.74 Å². The van der Waals surface area contributed by atoms with Crippen LogP contribution in [0.1, 0.15) is 5.56 Å². The molecule has 1 aromatic carbocycles. The molecule has 0 unspecified atom stereocenters. The normalized spacial score (nSPS) is 12.6. The van der Waals surface area contributed by atoms with Gasteiger partial charge < -0.3 is 19.7 Å². The van der Waals surface area contributed by atoms with E-state index in [1.807, 2.05) is 24.4 Å². The predicted molar refractivity (Wildman–Crippen MR) is 66.0 cm³/mol. The van der Waals surface area contributed by atoms with Crippen LogP contribution in [0.15, 0.2) is 30.5 Å². The first-order valence-electron chi connectivity index (χ1n) is 5.54. The van der Waals surface area contributed by atoms with E-state index >= 15 is 0 Å². The molecule has 1 aliphatic heterocycles. The number of anilines is 1. The number of hydrogen-bond acceptors (Lipinski definition) is 3. The number of rotatable bonds is 2. The summed E-state index contributed by atoms with van der Waals surface area (Å²) in [6.07, 6.45) is 1.96. The lowest BCUT2D eigenvalue weighted by Gasteiger charge is -2.22. The number of methoxy groups -OCH3 is 1. The van der Waals surface area contributed by atoms with Gasteiger partial charge in [-0.3, -0.25) is 0 Å². The molecule has 3 rings (SSSR count). The zero-order valence-electron chi connectivity index (χ0n) is 9.60. The molecule has 2 N–H and O–H groups in total. The van der Waals surface area contributed by atoms with E-state index in [-0.39, 0.29) is 6.61 Å².